The average Bonchev–Trinajstić information content (AvgIpc) is 2.65. The minimum atomic E-state index is -0.684. The van der Waals surface area contributed by atoms with E-state index in [0.29, 0.717) is 18.7 Å². The summed E-state index contributed by atoms with van der Waals surface area (Å²) in [4.78, 5) is 27.9. The van der Waals surface area contributed by atoms with E-state index in [1.807, 2.05) is 0 Å². The van der Waals surface area contributed by atoms with Crippen molar-refractivity contribution in [3.8, 4) is 17.2 Å². The summed E-state index contributed by atoms with van der Waals surface area (Å²) in [5, 5.41) is 28.4. The van der Waals surface area contributed by atoms with E-state index >= 15 is 0 Å². The molecular formula is C18H17FN2O5. The lowest BCUT2D eigenvalue weighted by molar-refractivity contribution is 0.0535. The molecule has 8 heteroatoms. The van der Waals surface area contributed by atoms with Gasteiger partial charge in [-0.3, -0.25) is 9.59 Å². The summed E-state index contributed by atoms with van der Waals surface area (Å²) in [6, 6.07) is 7.42. The molecule has 0 radical (unpaired) electrons. The minimum Gasteiger partial charge on any atom is -0.504 e. The molecule has 1 aliphatic rings. The minimum absolute atomic E-state index is 0.0381. The van der Waals surface area contributed by atoms with Crippen molar-refractivity contribution in [3.63, 3.8) is 0 Å². The van der Waals surface area contributed by atoms with E-state index in [4.69, 9.17) is 0 Å². The molecule has 7 nitrogen and oxygen atoms in total. The number of carbonyl (C=O) groups excluding carboxylic acids is 2. The molecule has 0 atom stereocenters. The first kappa shape index (κ1) is 17.5. The molecule has 2 aromatic rings. The molecule has 0 saturated carbocycles. The van der Waals surface area contributed by atoms with Gasteiger partial charge in [-0.05, 0) is 36.4 Å². The van der Waals surface area contributed by atoms with Gasteiger partial charge in [0.2, 0.25) is 0 Å². The maximum Gasteiger partial charge on any atom is 0.254 e. The highest BCUT2D eigenvalue weighted by Crippen LogP contribution is 2.35. The maximum atomic E-state index is 13.0. The number of piperazine rings is 1. The molecule has 0 unspecified atom stereocenters. The molecule has 136 valence electrons. The third kappa shape index (κ3) is 3.39. The SMILES string of the molecule is O=C(c1ccc(F)cc1)N1CCN(C(=O)c2cc(O)c(O)c(O)c2)CC1. The van der Waals surface area contributed by atoms with Gasteiger partial charge in [-0.15, -0.1) is 0 Å². The molecule has 0 spiro atoms. The quantitative estimate of drug-likeness (QED) is 0.705. The van der Waals surface area contributed by atoms with Crippen molar-refractivity contribution in [2.24, 2.45) is 0 Å². The number of hydrogen-bond acceptors (Lipinski definition) is 5. The number of carbonyl (C=O) groups is 2. The first-order valence-electron chi connectivity index (χ1n) is 7.96. The number of aromatic hydroxyl groups is 3. The average molecular weight is 360 g/mol. The fraction of sp³-hybridized carbons (Fsp3) is 0.222. The number of amides is 2. The van der Waals surface area contributed by atoms with Gasteiger partial charge >= 0.3 is 0 Å². The highest BCUT2D eigenvalue weighted by Gasteiger charge is 2.26. The summed E-state index contributed by atoms with van der Waals surface area (Å²) in [6.07, 6.45) is 0. The maximum absolute atomic E-state index is 13.0. The van der Waals surface area contributed by atoms with Gasteiger partial charge < -0.3 is 25.1 Å². The van der Waals surface area contributed by atoms with Gasteiger partial charge in [-0.1, -0.05) is 0 Å². The zero-order valence-electron chi connectivity index (χ0n) is 13.7. The fourth-order valence-corrected chi connectivity index (χ4v) is 2.80. The second-order valence-corrected chi connectivity index (χ2v) is 5.95. The summed E-state index contributed by atoms with van der Waals surface area (Å²) < 4.78 is 13.0. The fourth-order valence-electron chi connectivity index (χ4n) is 2.80. The van der Waals surface area contributed by atoms with Crippen molar-refractivity contribution < 1.29 is 29.3 Å². The molecule has 1 saturated heterocycles. The van der Waals surface area contributed by atoms with Crippen LogP contribution < -0.4 is 0 Å². The summed E-state index contributed by atoms with van der Waals surface area (Å²) in [6.45, 7) is 1.15. The monoisotopic (exact) mass is 360 g/mol. The van der Waals surface area contributed by atoms with Crippen molar-refractivity contribution in [3.05, 3.63) is 53.3 Å². The van der Waals surface area contributed by atoms with Crippen LogP contribution >= 0.6 is 0 Å². The Morgan fingerprint density at radius 1 is 0.769 bits per heavy atom. The molecule has 1 aliphatic heterocycles. The van der Waals surface area contributed by atoms with Gasteiger partial charge in [0.25, 0.3) is 11.8 Å². The van der Waals surface area contributed by atoms with Crippen molar-refractivity contribution in [2.45, 2.75) is 0 Å². The molecule has 2 amide bonds. The van der Waals surface area contributed by atoms with Crippen LogP contribution in [0.15, 0.2) is 36.4 Å². The second kappa shape index (κ2) is 6.91. The van der Waals surface area contributed by atoms with Crippen molar-refractivity contribution in [2.75, 3.05) is 26.2 Å². The first-order valence-corrected chi connectivity index (χ1v) is 7.96. The van der Waals surface area contributed by atoms with Crippen LogP contribution in [0.2, 0.25) is 0 Å². The Bertz CT molecular complexity index is 822. The topological polar surface area (TPSA) is 101 Å². The van der Waals surface area contributed by atoms with Crippen molar-refractivity contribution in [1.29, 1.82) is 0 Å². The predicted octanol–water partition coefficient (Wildman–Crippen LogP) is 1.54. The standard InChI is InChI=1S/C18H17FN2O5/c19-13-3-1-11(2-4-13)17(25)20-5-7-21(8-6-20)18(26)12-9-14(22)16(24)15(23)10-12/h1-4,9-10,22-24H,5-8H2. The normalized spacial score (nSPS) is 14.3. The molecule has 0 aromatic heterocycles. The zero-order chi connectivity index (χ0) is 18.8. The number of rotatable bonds is 2. The lowest BCUT2D eigenvalue weighted by atomic mass is 10.1. The van der Waals surface area contributed by atoms with Crippen LogP contribution in [0.25, 0.3) is 0 Å². The molecule has 3 N–H and O–H groups in total. The number of nitrogens with zero attached hydrogens (tertiary/aromatic N) is 2. The Hall–Kier alpha value is -3.29. The molecule has 2 aromatic carbocycles. The van der Waals surface area contributed by atoms with Crippen LogP contribution in [0.3, 0.4) is 0 Å². The van der Waals surface area contributed by atoms with E-state index < -0.39 is 29.0 Å². The molecule has 1 heterocycles. The lowest BCUT2D eigenvalue weighted by Crippen LogP contribution is -2.50. The molecule has 0 aliphatic carbocycles. The van der Waals surface area contributed by atoms with Gasteiger partial charge in [0.1, 0.15) is 5.82 Å². The van der Waals surface area contributed by atoms with E-state index in [9.17, 15) is 29.3 Å². The van der Waals surface area contributed by atoms with Crippen LogP contribution in [0.1, 0.15) is 20.7 Å². The van der Waals surface area contributed by atoms with E-state index in [1.54, 1.807) is 4.90 Å². The van der Waals surface area contributed by atoms with Crippen LogP contribution in [-0.2, 0) is 0 Å². The Kier molecular flexibility index (Phi) is 4.66. The van der Waals surface area contributed by atoms with Gasteiger partial charge in [0.05, 0.1) is 0 Å². The van der Waals surface area contributed by atoms with E-state index in [2.05, 4.69) is 0 Å². The number of phenols is 3. The highest BCUT2D eigenvalue weighted by atomic mass is 19.1. The Balaban J connectivity index is 1.65. The molecule has 3 rings (SSSR count). The summed E-state index contributed by atoms with van der Waals surface area (Å²) in [5.74, 6) is -2.94. The number of hydrogen-bond donors (Lipinski definition) is 3. The predicted molar refractivity (Wildman–Crippen MR) is 89.6 cm³/mol. The number of phenolic OH excluding ortho intramolecular Hbond substituents is 3. The summed E-state index contributed by atoms with van der Waals surface area (Å²) >= 11 is 0. The molecule has 1 fully saturated rings. The third-order valence-corrected chi connectivity index (χ3v) is 4.26. The second-order valence-electron chi connectivity index (χ2n) is 5.95. The first-order chi connectivity index (χ1) is 12.4. The van der Waals surface area contributed by atoms with Crippen molar-refractivity contribution in [1.82, 2.24) is 9.80 Å². The summed E-state index contributed by atoms with van der Waals surface area (Å²) in [7, 11) is 0. The van der Waals surface area contributed by atoms with Crippen LogP contribution in [0.5, 0.6) is 17.2 Å². The van der Waals surface area contributed by atoms with E-state index in [-0.39, 0.29) is 24.6 Å². The smallest absolute Gasteiger partial charge is 0.254 e. The molecule has 26 heavy (non-hydrogen) atoms. The molecular weight excluding hydrogens is 343 g/mol. The van der Waals surface area contributed by atoms with Crippen LogP contribution in [-0.4, -0.2) is 63.1 Å². The Labute approximate surface area is 148 Å². The van der Waals surface area contributed by atoms with E-state index in [1.165, 1.54) is 29.2 Å². The third-order valence-electron chi connectivity index (χ3n) is 4.26. The molecule has 0 bridgehead atoms. The Morgan fingerprint density at radius 3 is 1.65 bits per heavy atom. The van der Waals surface area contributed by atoms with Gasteiger partial charge in [0.15, 0.2) is 17.2 Å². The number of benzene rings is 2. The van der Waals surface area contributed by atoms with Crippen LogP contribution in [0.4, 0.5) is 4.39 Å². The highest BCUT2D eigenvalue weighted by molar-refractivity contribution is 5.96. The number of halogens is 1. The zero-order valence-corrected chi connectivity index (χ0v) is 13.7. The van der Waals surface area contributed by atoms with Gasteiger partial charge in [-0.25, -0.2) is 4.39 Å². The summed E-state index contributed by atoms with van der Waals surface area (Å²) in [5.41, 5.74) is 0.413. The lowest BCUT2D eigenvalue weighted by Gasteiger charge is -2.35. The van der Waals surface area contributed by atoms with Gasteiger partial charge in [0, 0.05) is 37.3 Å². The van der Waals surface area contributed by atoms with Gasteiger partial charge in [-0.2, -0.15) is 0 Å². The van der Waals surface area contributed by atoms with Crippen LogP contribution in [0, 0.1) is 5.82 Å². The Morgan fingerprint density at radius 2 is 1.19 bits per heavy atom. The van der Waals surface area contributed by atoms with Crippen molar-refractivity contribution >= 4 is 11.8 Å². The largest absolute Gasteiger partial charge is 0.504 e. The van der Waals surface area contributed by atoms with E-state index in [0.717, 1.165) is 12.1 Å².